The molecule has 4 rings (SSSR count). The summed E-state index contributed by atoms with van der Waals surface area (Å²) in [6, 6.07) is 19.9. The van der Waals surface area contributed by atoms with E-state index in [1.807, 2.05) is 30.3 Å². The number of imidazole rings is 1. The Bertz CT molecular complexity index is 961. The molecule has 2 heterocycles. The van der Waals surface area contributed by atoms with Crippen molar-refractivity contribution in [2.45, 2.75) is 13.0 Å². The van der Waals surface area contributed by atoms with E-state index >= 15 is 0 Å². The first kappa shape index (κ1) is 16.2. The van der Waals surface area contributed by atoms with Crippen molar-refractivity contribution in [2.24, 2.45) is 0 Å². The number of ether oxygens (including phenoxy) is 1. The van der Waals surface area contributed by atoms with E-state index in [1.54, 1.807) is 11.3 Å². The van der Waals surface area contributed by atoms with Gasteiger partial charge in [-0.3, -0.25) is 0 Å². The second-order valence-corrected chi connectivity index (χ2v) is 7.20. The Hall–Kier alpha value is -2.30. The molecule has 0 radical (unpaired) electrons. The van der Waals surface area contributed by atoms with E-state index in [1.165, 1.54) is 4.88 Å². The van der Waals surface area contributed by atoms with Crippen LogP contribution in [0, 0.1) is 0 Å². The summed E-state index contributed by atoms with van der Waals surface area (Å²) < 4.78 is 8.12. The Morgan fingerprint density at radius 3 is 2.64 bits per heavy atom. The number of rotatable bonds is 6. The number of benzene rings is 2. The van der Waals surface area contributed by atoms with Crippen molar-refractivity contribution in [1.82, 2.24) is 9.55 Å². The van der Waals surface area contributed by atoms with Crippen LogP contribution in [0.4, 0.5) is 0 Å². The van der Waals surface area contributed by atoms with Crippen LogP contribution in [-0.4, -0.2) is 16.2 Å². The van der Waals surface area contributed by atoms with Gasteiger partial charge in [0.25, 0.3) is 0 Å². The summed E-state index contributed by atoms with van der Waals surface area (Å²) in [5.74, 6) is 1.90. The molecule has 0 unspecified atom stereocenters. The second-order valence-electron chi connectivity index (χ2n) is 5.73. The lowest BCUT2D eigenvalue weighted by atomic mass is 10.3. The predicted molar refractivity (Wildman–Crippen MR) is 104 cm³/mol. The van der Waals surface area contributed by atoms with Gasteiger partial charge in [-0.25, -0.2) is 4.98 Å². The quantitative estimate of drug-likeness (QED) is 0.454. The zero-order valence-electron chi connectivity index (χ0n) is 13.6. The molecule has 0 aliphatic rings. The van der Waals surface area contributed by atoms with Crippen molar-refractivity contribution in [2.75, 3.05) is 6.61 Å². The smallest absolute Gasteiger partial charge is 0.119 e. The monoisotopic (exact) mass is 368 g/mol. The molecule has 0 amide bonds. The lowest BCUT2D eigenvalue weighted by Crippen LogP contribution is -2.11. The van der Waals surface area contributed by atoms with Crippen molar-refractivity contribution < 1.29 is 4.74 Å². The van der Waals surface area contributed by atoms with Crippen molar-refractivity contribution >= 4 is 34.0 Å². The summed E-state index contributed by atoms with van der Waals surface area (Å²) in [5, 5.41) is 2.82. The van der Waals surface area contributed by atoms with Gasteiger partial charge in [-0.2, -0.15) is 0 Å². The van der Waals surface area contributed by atoms with Crippen LogP contribution in [0.2, 0.25) is 5.02 Å². The van der Waals surface area contributed by atoms with E-state index in [0.717, 1.165) is 35.6 Å². The van der Waals surface area contributed by atoms with Gasteiger partial charge in [0.15, 0.2) is 0 Å². The van der Waals surface area contributed by atoms with Gasteiger partial charge in [-0.1, -0.05) is 29.8 Å². The summed E-state index contributed by atoms with van der Waals surface area (Å²) in [4.78, 5) is 6.14. The SMILES string of the molecule is Clc1ccc(OCCn2c(Cc3cccs3)nc3ccccc32)cc1. The molecule has 0 aliphatic carbocycles. The van der Waals surface area contributed by atoms with Crippen molar-refractivity contribution in [1.29, 1.82) is 0 Å². The average molecular weight is 369 g/mol. The molecule has 3 nitrogen and oxygen atoms in total. The van der Waals surface area contributed by atoms with E-state index in [9.17, 15) is 0 Å². The third kappa shape index (κ3) is 3.70. The molecule has 2 aromatic heterocycles. The van der Waals surface area contributed by atoms with E-state index in [-0.39, 0.29) is 0 Å². The lowest BCUT2D eigenvalue weighted by Gasteiger charge is -2.10. The molecule has 4 aromatic rings. The fourth-order valence-electron chi connectivity index (χ4n) is 2.86. The average Bonchev–Trinajstić information content (AvgIpc) is 3.25. The highest BCUT2D eigenvalue weighted by Gasteiger charge is 2.11. The number of para-hydroxylation sites is 2. The molecule has 0 fully saturated rings. The standard InChI is InChI=1S/C20H17ClN2OS/c21-15-7-9-16(10-8-15)24-12-11-23-19-6-2-1-5-18(19)22-20(23)14-17-4-3-13-25-17/h1-10,13H,11-12,14H2. The fraction of sp³-hybridized carbons (Fsp3) is 0.150. The van der Waals surface area contributed by atoms with Crippen molar-refractivity contribution in [3.8, 4) is 5.75 Å². The molecule has 0 spiro atoms. The maximum absolute atomic E-state index is 5.91. The summed E-state index contributed by atoms with van der Waals surface area (Å²) >= 11 is 7.68. The van der Waals surface area contributed by atoms with Crippen LogP contribution in [0.25, 0.3) is 11.0 Å². The van der Waals surface area contributed by atoms with Crippen LogP contribution < -0.4 is 4.74 Å². The fourth-order valence-corrected chi connectivity index (χ4v) is 3.69. The number of hydrogen-bond acceptors (Lipinski definition) is 3. The van der Waals surface area contributed by atoms with Crippen LogP contribution in [0.1, 0.15) is 10.7 Å². The largest absolute Gasteiger partial charge is 0.492 e. The number of halogens is 1. The van der Waals surface area contributed by atoms with Crippen LogP contribution in [0.5, 0.6) is 5.75 Å². The molecule has 0 aliphatic heterocycles. The minimum atomic E-state index is 0.583. The van der Waals surface area contributed by atoms with Crippen LogP contribution in [0.3, 0.4) is 0 Å². The van der Waals surface area contributed by atoms with Gasteiger partial charge < -0.3 is 9.30 Å². The maximum Gasteiger partial charge on any atom is 0.119 e. The third-order valence-corrected chi connectivity index (χ3v) is 5.17. The van der Waals surface area contributed by atoms with Crippen LogP contribution in [0.15, 0.2) is 66.0 Å². The minimum absolute atomic E-state index is 0.583. The Morgan fingerprint density at radius 2 is 1.84 bits per heavy atom. The van der Waals surface area contributed by atoms with Gasteiger partial charge >= 0.3 is 0 Å². The zero-order chi connectivity index (χ0) is 17.1. The normalized spacial score (nSPS) is 11.1. The van der Waals surface area contributed by atoms with Gasteiger partial charge in [-0.05, 0) is 47.8 Å². The zero-order valence-corrected chi connectivity index (χ0v) is 15.1. The van der Waals surface area contributed by atoms with Gasteiger partial charge in [-0.15, -0.1) is 11.3 Å². The second kappa shape index (κ2) is 7.30. The first-order valence-corrected chi connectivity index (χ1v) is 9.40. The highest BCUT2D eigenvalue weighted by Crippen LogP contribution is 2.21. The Kier molecular flexibility index (Phi) is 4.72. The molecule has 0 N–H and O–H groups in total. The summed E-state index contributed by atoms with van der Waals surface area (Å²) in [5.41, 5.74) is 2.18. The van der Waals surface area contributed by atoms with Crippen molar-refractivity contribution in [3.05, 3.63) is 81.8 Å². The van der Waals surface area contributed by atoms with Gasteiger partial charge in [0.1, 0.15) is 18.2 Å². The predicted octanol–water partition coefficient (Wildman–Crippen LogP) is 5.42. The molecule has 25 heavy (non-hydrogen) atoms. The third-order valence-electron chi connectivity index (χ3n) is 4.04. The Labute approximate surface area is 155 Å². The highest BCUT2D eigenvalue weighted by molar-refractivity contribution is 7.09. The lowest BCUT2D eigenvalue weighted by molar-refractivity contribution is 0.298. The molecule has 0 atom stereocenters. The molecular formula is C20H17ClN2OS. The molecule has 126 valence electrons. The van der Waals surface area contributed by atoms with E-state index < -0.39 is 0 Å². The summed E-state index contributed by atoms with van der Waals surface area (Å²) in [6.45, 7) is 1.34. The number of aromatic nitrogens is 2. The Balaban J connectivity index is 1.55. The molecule has 0 bridgehead atoms. The van der Waals surface area contributed by atoms with E-state index in [0.29, 0.717) is 11.6 Å². The highest BCUT2D eigenvalue weighted by atomic mass is 35.5. The first-order valence-electron chi connectivity index (χ1n) is 8.14. The molecule has 2 aromatic carbocycles. The van der Waals surface area contributed by atoms with E-state index in [2.05, 4.69) is 40.3 Å². The summed E-state index contributed by atoms with van der Waals surface area (Å²) in [6.07, 6.45) is 0.841. The Morgan fingerprint density at radius 1 is 1.00 bits per heavy atom. The van der Waals surface area contributed by atoms with Gasteiger partial charge in [0.05, 0.1) is 17.6 Å². The number of hydrogen-bond donors (Lipinski definition) is 0. The van der Waals surface area contributed by atoms with Gasteiger partial charge in [0.2, 0.25) is 0 Å². The number of fused-ring (bicyclic) bond motifs is 1. The first-order chi connectivity index (χ1) is 12.3. The number of thiophene rings is 1. The maximum atomic E-state index is 5.91. The van der Waals surface area contributed by atoms with E-state index in [4.69, 9.17) is 21.3 Å². The molecule has 5 heteroatoms. The summed E-state index contributed by atoms with van der Waals surface area (Å²) in [7, 11) is 0. The topological polar surface area (TPSA) is 27.1 Å². The molecular weight excluding hydrogens is 352 g/mol. The molecule has 0 saturated heterocycles. The minimum Gasteiger partial charge on any atom is -0.492 e. The molecule has 0 saturated carbocycles. The number of nitrogens with zero attached hydrogens (tertiary/aromatic N) is 2. The van der Waals surface area contributed by atoms with Crippen LogP contribution >= 0.6 is 22.9 Å². The van der Waals surface area contributed by atoms with Gasteiger partial charge in [0, 0.05) is 16.3 Å². The van der Waals surface area contributed by atoms with Crippen LogP contribution in [-0.2, 0) is 13.0 Å². The van der Waals surface area contributed by atoms with Crippen molar-refractivity contribution in [3.63, 3.8) is 0 Å².